The zero-order chi connectivity index (χ0) is 19.8. The van der Waals surface area contributed by atoms with E-state index >= 15 is 0 Å². The number of ketones is 1. The van der Waals surface area contributed by atoms with E-state index in [1.807, 2.05) is 0 Å². The fourth-order valence-corrected chi connectivity index (χ4v) is 4.33. The number of nitrogens with one attached hydrogen (secondary N) is 2. The molecule has 6 nitrogen and oxygen atoms in total. The summed E-state index contributed by atoms with van der Waals surface area (Å²) in [6.07, 6.45) is 3.67. The second kappa shape index (κ2) is 7.14. The van der Waals surface area contributed by atoms with E-state index in [4.69, 9.17) is 0 Å². The van der Waals surface area contributed by atoms with Crippen molar-refractivity contribution in [1.82, 2.24) is 0 Å². The SMILES string of the molecule is O=C(Nc1ccc(NS(=O)(=O)C(F)(F)F)cc1)C1CC2CCCC(C1)C2=O. The quantitative estimate of drug-likeness (QED) is 0.806. The van der Waals surface area contributed by atoms with Crippen LogP contribution in [0.25, 0.3) is 0 Å². The number of hydrogen-bond donors (Lipinski definition) is 2. The summed E-state index contributed by atoms with van der Waals surface area (Å²) in [7, 11) is -5.49. The first kappa shape index (κ1) is 19.7. The maximum atomic E-state index is 12.5. The standard InChI is InChI=1S/C17H19F3N2O4S/c18-17(19,20)27(25,26)22-14-6-4-13(5-7-14)21-16(24)12-8-10-2-1-3-11(9-12)15(10)23/h4-7,10-12,22H,1-3,8-9H2,(H,21,24). The van der Waals surface area contributed by atoms with Crippen LogP contribution in [0.15, 0.2) is 24.3 Å². The van der Waals surface area contributed by atoms with Gasteiger partial charge in [0.05, 0.1) is 0 Å². The molecule has 0 aromatic heterocycles. The van der Waals surface area contributed by atoms with Gasteiger partial charge in [0.2, 0.25) is 5.91 Å². The average molecular weight is 404 g/mol. The van der Waals surface area contributed by atoms with E-state index in [1.165, 1.54) is 16.9 Å². The number of carbonyl (C=O) groups is 2. The first-order chi connectivity index (χ1) is 12.6. The second-order valence-electron chi connectivity index (χ2n) is 7.01. The molecule has 1 aromatic rings. The molecule has 0 spiro atoms. The van der Waals surface area contributed by atoms with Crippen molar-refractivity contribution in [3.63, 3.8) is 0 Å². The van der Waals surface area contributed by atoms with E-state index in [0.717, 1.165) is 31.4 Å². The van der Waals surface area contributed by atoms with Crippen molar-refractivity contribution in [3.8, 4) is 0 Å². The highest BCUT2D eigenvalue weighted by atomic mass is 32.2. The number of benzene rings is 1. The molecule has 0 heterocycles. The van der Waals surface area contributed by atoms with E-state index in [1.54, 1.807) is 0 Å². The number of hydrogen-bond acceptors (Lipinski definition) is 4. The third-order valence-electron chi connectivity index (χ3n) is 5.13. The van der Waals surface area contributed by atoms with E-state index in [2.05, 4.69) is 5.32 Å². The zero-order valence-corrected chi connectivity index (χ0v) is 15.1. The smallest absolute Gasteiger partial charge is 0.326 e. The molecule has 1 aromatic carbocycles. The first-order valence-electron chi connectivity index (χ1n) is 8.60. The number of rotatable bonds is 4. The van der Waals surface area contributed by atoms with E-state index in [-0.39, 0.29) is 35.1 Å². The van der Waals surface area contributed by atoms with Crippen LogP contribution >= 0.6 is 0 Å². The minimum Gasteiger partial charge on any atom is -0.326 e. The van der Waals surface area contributed by atoms with E-state index < -0.39 is 15.5 Å². The minimum atomic E-state index is -5.49. The predicted molar refractivity (Wildman–Crippen MR) is 92.2 cm³/mol. The molecule has 0 saturated heterocycles. The maximum absolute atomic E-state index is 12.5. The third-order valence-corrected chi connectivity index (χ3v) is 6.24. The highest BCUT2D eigenvalue weighted by molar-refractivity contribution is 7.93. The highest BCUT2D eigenvalue weighted by Crippen LogP contribution is 2.40. The summed E-state index contributed by atoms with van der Waals surface area (Å²) >= 11 is 0. The molecule has 2 fully saturated rings. The van der Waals surface area contributed by atoms with Crippen LogP contribution in [0.4, 0.5) is 24.5 Å². The maximum Gasteiger partial charge on any atom is 0.516 e. The molecule has 0 radical (unpaired) electrons. The largest absolute Gasteiger partial charge is 0.516 e. The van der Waals surface area contributed by atoms with Crippen molar-refractivity contribution in [2.45, 2.75) is 37.6 Å². The van der Waals surface area contributed by atoms with Gasteiger partial charge in [-0.15, -0.1) is 0 Å². The van der Waals surface area contributed by atoms with Crippen molar-refractivity contribution in [1.29, 1.82) is 0 Å². The van der Waals surface area contributed by atoms with Crippen molar-refractivity contribution in [2.24, 2.45) is 17.8 Å². The Balaban J connectivity index is 1.62. The topological polar surface area (TPSA) is 92.3 Å². The highest BCUT2D eigenvalue weighted by Gasteiger charge is 2.46. The Bertz CT molecular complexity index is 821. The molecule has 3 rings (SSSR count). The third kappa shape index (κ3) is 4.26. The van der Waals surface area contributed by atoms with Gasteiger partial charge in [0.25, 0.3) is 0 Å². The van der Waals surface area contributed by atoms with Gasteiger partial charge in [0, 0.05) is 29.1 Å². The zero-order valence-electron chi connectivity index (χ0n) is 14.3. The Labute approximate surface area is 154 Å². The number of anilines is 2. The van der Waals surface area contributed by atoms with Crippen molar-refractivity contribution < 1.29 is 31.2 Å². The summed E-state index contributed by atoms with van der Waals surface area (Å²) in [6.45, 7) is 0. The average Bonchev–Trinajstić information content (AvgIpc) is 2.55. The Morgan fingerprint density at radius 2 is 1.52 bits per heavy atom. The summed E-state index contributed by atoms with van der Waals surface area (Å²) < 4.78 is 60.7. The molecule has 2 aliphatic carbocycles. The van der Waals surface area contributed by atoms with Gasteiger partial charge in [-0.05, 0) is 49.9 Å². The van der Waals surface area contributed by atoms with Crippen LogP contribution in [0.1, 0.15) is 32.1 Å². The molecule has 0 aliphatic heterocycles. The van der Waals surface area contributed by atoms with Gasteiger partial charge in [-0.25, -0.2) is 0 Å². The number of Topliss-reactive ketones (excluding diaryl/α,β-unsaturated/α-hetero) is 1. The van der Waals surface area contributed by atoms with Crippen molar-refractivity contribution >= 4 is 33.1 Å². The summed E-state index contributed by atoms with van der Waals surface area (Å²) in [5, 5.41) is 2.69. The van der Waals surface area contributed by atoms with Gasteiger partial charge in [0.1, 0.15) is 5.78 Å². The second-order valence-corrected chi connectivity index (χ2v) is 8.69. The van der Waals surface area contributed by atoms with Crippen LogP contribution in [0.3, 0.4) is 0 Å². The first-order valence-corrected chi connectivity index (χ1v) is 10.1. The minimum absolute atomic E-state index is 0.0626. The molecule has 10 heteroatoms. The Morgan fingerprint density at radius 3 is 2.04 bits per heavy atom. The molecular weight excluding hydrogens is 385 g/mol. The summed E-state index contributed by atoms with van der Waals surface area (Å²) in [6, 6.07) is 4.91. The fraction of sp³-hybridized carbons (Fsp3) is 0.529. The molecule has 2 bridgehead atoms. The van der Waals surface area contributed by atoms with Gasteiger partial charge in [-0.1, -0.05) is 6.42 Å². The lowest BCUT2D eigenvalue weighted by atomic mass is 9.67. The van der Waals surface area contributed by atoms with Crippen LogP contribution in [0, 0.1) is 17.8 Å². The Morgan fingerprint density at radius 1 is 1.00 bits per heavy atom. The molecule has 1 amide bonds. The fourth-order valence-electron chi connectivity index (χ4n) is 3.77. The number of halogens is 3. The molecule has 2 unspecified atom stereocenters. The predicted octanol–water partition coefficient (Wildman–Crippen LogP) is 3.28. The van der Waals surface area contributed by atoms with E-state index in [9.17, 15) is 31.2 Å². The summed E-state index contributed by atoms with van der Waals surface area (Å²) in [4.78, 5) is 24.6. The lowest BCUT2D eigenvalue weighted by Gasteiger charge is -2.36. The molecule has 2 aliphatic rings. The van der Waals surface area contributed by atoms with Crippen LogP contribution < -0.4 is 10.0 Å². The monoisotopic (exact) mass is 404 g/mol. The Kier molecular flexibility index (Phi) is 5.20. The summed E-state index contributed by atoms with van der Waals surface area (Å²) in [5.41, 5.74) is -5.32. The van der Waals surface area contributed by atoms with Gasteiger partial charge in [-0.2, -0.15) is 21.6 Å². The lowest BCUT2D eigenvalue weighted by Crippen LogP contribution is -2.40. The van der Waals surface area contributed by atoms with Crippen molar-refractivity contribution in [2.75, 3.05) is 10.0 Å². The normalized spacial score (nSPS) is 25.7. The van der Waals surface area contributed by atoms with Gasteiger partial charge in [0.15, 0.2) is 0 Å². The number of amides is 1. The van der Waals surface area contributed by atoms with Crippen LogP contribution in [0.2, 0.25) is 0 Å². The molecular formula is C17H19F3N2O4S. The number of alkyl halides is 3. The molecule has 2 N–H and O–H groups in total. The van der Waals surface area contributed by atoms with Crippen molar-refractivity contribution in [3.05, 3.63) is 24.3 Å². The molecule has 2 saturated carbocycles. The summed E-state index contributed by atoms with van der Waals surface area (Å²) in [5.74, 6) is -0.379. The van der Waals surface area contributed by atoms with Crippen LogP contribution in [0.5, 0.6) is 0 Å². The number of fused-ring (bicyclic) bond motifs is 2. The van der Waals surface area contributed by atoms with Crippen LogP contribution in [-0.2, 0) is 19.6 Å². The van der Waals surface area contributed by atoms with Crippen LogP contribution in [-0.4, -0.2) is 25.6 Å². The molecule has 148 valence electrons. The van der Waals surface area contributed by atoms with Gasteiger partial charge < -0.3 is 5.32 Å². The molecule has 2 atom stereocenters. The van der Waals surface area contributed by atoms with Gasteiger partial charge in [-0.3, -0.25) is 14.3 Å². The number of sulfonamides is 1. The molecule has 27 heavy (non-hydrogen) atoms. The number of carbonyl (C=O) groups excluding carboxylic acids is 2. The Hall–Kier alpha value is -2.10. The lowest BCUT2D eigenvalue weighted by molar-refractivity contribution is -0.136. The van der Waals surface area contributed by atoms with Gasteiger partial charge >= 0.3 is 15.5 Å². The van der Waals surface area contributed by atoms with E-state index in [0.29, 0.717) is 18.5 Å².